The molecule has 120 valence electrons. The molecule has 2 heterocycles. The molecule has 1 aromatic carbocycles. The van der Waals surface area contributed by atoms with Crippen LogP contribution in [0.4, 0.5) is 0 Å². The van der Waals surface area contributed by atoms with Gasteiger partial charge < -0.3 is 15.4 Å². The minimum absolute atomic E-state index is 0.300. The van der Waals surface area contributed by atoms with Gasteiger partial charge in [0.1, 0.15) is 17.4 Å². The van der Waals surface area contributed by atoms with E-state index in [1.54, 1.807) is 6.92 Å². The van der Waals surface area contributed by atoms with Gasteiger partial charge in [0.25, 0.3) is 0 Å². The maximum absolute atomic E-state index is 10.2. The number of aliphatic hydroxyl groups excluding tert-OH is 1. The number of pyridine rings is 1. The summed E-state index contributed by atoms with van der Waals surface area (Å²) in [5.41, 5.74) is 8.98. The standard InChI is InChI=1S/C18H22N4O/c1-11(23)18-21-16-10-20-15-5-3-2-4-14(15)17(16)22(18)13-8-6-12(19)7-9-13/h2-5,10-13,23H,6-9,19H2,1H3. The second kappa shape index (κ2) is 5.58. The molecule has 1 saturated carbocycles. The Bertz CT molecular complexity index is 847. The second-order valence-corrected chi connectivity index (χ2v) is 6.59. The Kier molecular flexibility index (Phi) is 3.54. The van der Waals surface area contributed by atoms with Crippen molar-refractivity contribution >= 4 is 21.9 Å². The largest absolute Gasteiger partial charge is 0.385 e. The normalized spacial score (nSPS) is 23.4. The first-order chi connectivity index (χ1) is 11.1. The van der Waals surface area contributed by atoms with Crippen LogP contribution >= 0.6 is 0 Å². The first kappa shape index (κ1) is 14.6. The number of aromatic nitrogens is 3. The van der Waals surface area contributed by atoms with Gasteiger partial charge in [-0.2, -0.15) is 0 Å². The SMILES string of the molecule is CC(O)c1nc2cnc3ccccc3c2n1C1CCC(N)CC1. The molecule has 0 spiro atoms. The number of imidazole rings is 1. The fourth-order valence-electron chi connectivity index (χ4n) is 3.77. The summed E-state index contributed by atoms with van der Waals surface area (Å²) in [7, 11) is 0. The molecule has 1 unspecified atom stereocenters. The predicted molar refractivity (Wildman–Crippen MR) is 91.1 cm³/mol. The van der Waals surface area contributed by atoms with Crippen LogP contribution in [-0.4, -0.2) is 25.7 Å². The average Bonchev–Trinajstić information content (AvgIpc) is 2.96. The van der Waals surface area contributed by atoms with Crippen LogP contribution in [0.15, 0.2) is 30.5 Å². The van der Waals surface area contributed by atoms with E-state index in [0.29, 0.717) is 12.1 Å². The molecule has 0 aliphatic heterocycles. The minimum Gasteiger partial charge on any atom is -0.385 e. The van der Waals surface area contributed by atoms with Crippen molar-refractivity contribution in [2.75, 3.05) is 0 Å². The van der Waals surface area contributed by atoms with Gasteiger partial charge in [0.15, 0.2) is 0 Å². The van der Waals surface area contributed by atoms with Crippen molar-refractivity contribution in [3.05, 3.63) is 36.3 Å². The molecule has 1 atom stereocenters. The third-order valence-electron chi connectivity index (χ3n) is 4.93. The van der Waals surface area contributed by atoms with Crippen molar-refractivity contribution < 1.29 is 5.11 Å². The van der Waals surface area contributed by atoms with Crippen molar-refractivity contribution in [3.8, 4) is 0 Å². The number of benzene rings is 1. The van der Waals surface area contributed by atoms with Crippen LogP contribution in [0, 0.1) is 0 Å². The van der Waals surface area contributed by atoms with Gasteiger partial charge >= 0.3 is 0 Å². The van der Waals surface area contributed by atoms with E-state index in [4.69, 9.17) is 5.73 Å². The summed E-state index contributed by atoms with van der Waals surface area (Å²) in [6.45, 7) is 1.78. The van der Waals surface area contributed by atoms with Crippen LogP contribution in [0.25, 0.3) is 21.9 Å². The van der Waals surface area contributed by atoms with Crippen LogP contribution < -0.4 is 5.73 Å². The van der Waals surface area contributed by atoms with E-state index in [1.807, 2.05) is 24.4 Å². The first-order valence-corrected chi connectivity index (χ1v) is 8.34. The molecule has 0 radical (unpaired) electrons. The molecule has 0 bridgehead atoms. The van der Waals surface area contributed by atoms with E-state index in [0.717, 1.165) is 53.4 Å². The summed E-state index contributed by atoms with van der Waals surface area (Å²) < 4.78 is 2.25. The molecule has 1 aliphatic rings. The highest BCUT2D eigenvalue weighted by atomic mass is 16.3. The molecule has 0 amide bonds. The maximum Gasteiger partial charge on any atom is 0.138 e. The summed E-state index contributed by atoms with van der Waals surface area (Å²) in [6, 6.07) is 8.77. The fraction of sp³-hybridized carbons (Fsp3) is 0.444. The molecule has 0 saturated heterocycles. The molecule has 2 aromatic heterocycles. The van der Waals surface area contributed by atoms with E-state index in [-0.39, 0.29) is 0 Å². The van der Waals surface area contributed by atoms with Gasteiger partial charge in [-0.3, -0.25) is 4.98 Å². The first-order valence-electron chi connectivity index (χ1n) is 8.34. The van der Waals surface area contributed by atoms with Gasteiger partial charge in [0, 0.05) is 17.5 Å². The van der Waals surface area contributed by atoms with Crippen LogP contribution in [0.3, 0.4) is 0 Å². The van der Waals surface area contributed by atoms with Gasteiger partial charge in [0.05, 0.1) is 17.2 Å². The van der Waals surface area contributed by atoms with Crippen molar-refractivity contribution in [2.45, 2.75) is 50.8 Å². The number of nitrogens with two attached hydrogens (primary N) is 1. The minimum atomic E-state index is -0.600. The van der Waals surface area contributed by atoms with Crippen molar-refractivity contribution in [2.24, 2.45) is 5.73 Å². The zero-order chi connectivity index (χ0) is 16.0. The smallest absolute Gasteiger partial charge is 0.138 e. The molecule has 3 N–H and O–H groups in total. The Morgan fingerprint density at radius 2 is 1.91 bits per heavy atom. The highest BCUT2D eigenvalue weighted by Gasteiger charge is 2.26. The van der Waals surface area contributed by atoms with Gasteiger partial charge in [-0.05, 0) is 38.7 Å². The molecule has 1 aliphatic carbocycles. The molecule has 1 fully saturated rings. The summed E-state index contributed by atoms with van der Waals surface area (Å²) in [5.74, 6) is 0.735. The number of hydrogen-bond acceptors (Lipinski definition) is 4. The predicted octanol–water partition coefficient (Wildman–Crippen LogP) is 3.08. The third kappa shape index (κ3) is 2.40. The zero-order valence-corrected chi connectivity index (χ0v) is 13.3. The highest BCUT2D eigenvalue weighted by molar-refractivity contribution is 6.02. The summed E-state index contributed by atoms with van der Waals surface area (Å²) in [6.07, 6.45) is 5.32. The Labute approximate surface area is 135 Å². The Balaban J connectivity index is 1.98. The summed E-state index contributed by atoms with van der Waals surface area (Å²) >= 11 is 0. The number of rotatable bonds is 2. The van der Waals surface area contributed by atoms with Crippen LogP contribution in [0.5, 0.6) is 0 Å². The highest BCUT2D eigenvalue weighted by Crippen LogP contribution is 2.36. The van der Waals surface area contributed by atoms with Gasteiger partial charge in [-0.1, -0.05) is 18.2 Å². The molecule has 23 heavy (non-hydrogen) atoms. The lowest BCUT2D eigenvalue weighted by molar-refractivity contribution is 0.177. The molecule has 4 rings (SSSR count). The molecule has 5 nitrogen and oxygen atoms in total. The summed E-state index contributed by atoms with van der Waals surface area (Å²) in [4.78, 5) is 9.18. The number of fused-ring (bicyclic) bond motifs is 3. The Hall–Kier alpha value is -1.98. The topological polar surface area (TPSA) is 77.0 Å². The van der Waals surface area contributed by atoms with Crippen LogP contribution in [-0.2, 0) is 0 Å². The van der Waals surface area contributed by atoms with Crippen LogP contribution in [0.1, 0.15) is 50.6 Å². The van der Waals surface area contributed by atoms with Gasteiger partial charge in [-0.15, -0.1) is 0 Å². The second-order valence-electron chi connectivity index (χ2n) is 6.59. The average molecular weight is 310 g/mol. The molecular formula is C18H22N4O. The summed E-state index contributed by atoms with van der Waals surface area (Å²) in [5, 5.41) is 11.3. The Morgan fingerprint density at radius 1 is 1.17 bits per heavy atom. The monoisotopic (exact) mass is 310 g/mol. The van der Waals surface area contributed by atoms with Crippen molar-refractivity contribution in [1.82, 2.24) is 14.5 Å². The lowest BCUT2D eigenvalue weighted by atomic mass is 9.91. The molecule has 5 heteroatoms. The van der Waals surface area contributed by atoms with Crippen LogP contribution in [0.2, 0.25) is 0 Å². The zero-order valence-electron chi connectivity index (χ0n) is 13.3. The van der Waals surface area contributed by atoms with E-state index in [9.17, 15) is 5.11 Å². The van der Waals surface area contributed by atoms with Gasteiger partial charge in [0.2, 0.25) is 0 Å². The fourth-order valence-corrected chi connectivity index (χ4v) is 3.77. The van der Waals surface area contributed by atoms with Crippen molar-refractivity contribution in [1.29, 1.82) is 0 Å². The third-order valence-corrected chi connectivity index (χ3v) is 4.93. The van der Waals surface area contributed by atoms with Crippen molar-refractivity contribution in [3.63, 3.8) is 0 Å². The lowest BCUT2D eigenvalue weighted by Crippen LogP contribution is -2.28. The number of aliphatic hydroxyl groups is 1. The number of hydrogen-bond donors (Lipinski definition) is 2. The maximum atomic E-state index is 10.2. The lowest BCUT2D eigenvalue weighted by Gasteiger charge is -2.29. The van der Waals surface area contributed by atoms with E-state index in [2.05, 4.69) is 20.6 Å². The quantitative estimate of drug-likeness (QED) is 0.762. The van der Waals surface area contributed by atoms with E-state index < -0.39 is 6.10 Å². The van der Waals surface area contributed by atoms with Gasteiger partial charge in [-0.25, -0.2) is 4.98 Å². The molecule has 3 aromatic rings. The number of para-hydroxylation sites is 1. The molecular weight excluding hydrogens is 288 g/mol. The Morgan fingerprint density at radius 3 is 2.65 bits per heavy atom. The van der Waals surface area contributed by atoms with E-state index in [1.165, 1.54) is 0 Å². The number of nitrogens with zero attached hydrogens (tertiary/aromatic N) is 3. The van der Waals surface area contributed by atoms with E-state index >= 15 is 0 Å².